The number of hydrogen-bond acceptors (Lipinski definition) is 5. The summed E-state index contributed by atoms with van der Waals surface area (Å²) in [4.78, 5) is 27.9. The monoisotopic (exact) mass is 493 g/mol. The number of likely N-dealkylation sites (tertiary alicyclic amines) is 1. The summed E-state index contributed by atoms with van der Waals surface area (Å²) < 4.78 is 24.2. The summed E-state index contributed by atoms with van der Waals surface area (Å²) in [7, 11) is 2.73. The molecule has 1 saturated heterocycles. The van der Waals surface area contributed by atoms with Crippen molar-refractivity contribution in [3.63, 3.8) is 0 Å². The Morgan fingerprint density at radius 3 is 2.24 bits per heavy atom. The minimum Gasteiger partial charge on any atom is -0.507 e. The topological polar surface area (TPSA) is 76.1 Å². The number of aliphatic hydroxyl groups is 1. The Kier molecular flexibility index (Phi) is 6.54. The molecule has 0 spiro atoms. The molecule has 2 aromatic carbocycles. The van der Waals surface area contributed by atoms with Gasteiger partial charge < -0.3 is 19.5 Å². The van der Waals surface area contributed by atoms with Crippen molar-refractivity contribution in [3.05, 3.63) is 62.9 Å². The van der Waals surface area contributed by atoms with Crippen LogP contribution in [0.25, 0.3) is 5.76 Å². The molecule has 0 aromatic heterocycles. The molecule has 33 heavy (non-hydrogen) atoms. The van der Waals surface area contributed by atoms with Gasteiger partial charge in [0.15, 0.2) is 11.5 Å². The first-order valence-electron chi connectivity index (χ1n) is 10.5. The fourth-order valence-electron chi connectivity index (χ4n) is 4.67. The second-order valence-electron chi connectivity index (χ2n) is 7.98. The normalized spacial score (nSPS) is 20.5. The van der Waals surface area contributed by atoms with Crippen LogP contribution in [0, 0.1) is 5.82 Å². The third-order valence-corrected chi connectivity index (χ3v) is 6.80. The van der Waals surface area contributed by atoms with Crippen LogP contribution in [-0.4, -0.2) is 42.0 Å². The third-order valence-electron chi connectivity index (χ3n) is 6.18. The van der Waals surface area contributed by atoms with Crippen LogP contribution in [0.3, 0.4) is 0 Å². The van der Waals surface area contributed by atoms with Crippen LogP contribution < -0.4 is 9.47 Å². The molecule has 0 radical (unpaired) electrons. The van der Waals surface area contributed by atoms with Crippen molar-refractivity contribution in [3.8, 4) is 11.5 Å². The van der Waals surface area contributed by atoms with Gasteiger partial charge in [0.05, 0.1) is 36.4 Å². The smallest absolute Gasteiger partial charge is 0.295 e. The van der Waals surface area contributed by atoms with Crippen LogP contribution >= 0.6 is 23.2 Å². The van der Waals surface area contributed by atoms with Crippen molar-refractivity contribution < 1.29 is 28.6 Å². The van der Waals surface area contributed by atoms with Gasteiger partial charge in [-0.25, -0.2) is 4.39 Å². The van der Waals surface area contributed by atoms with Gasteiger partial charge in [-0.1, -0.05) is 48.2 Å². The molecule has 2 aromatic rings. The van der Waals surface area contributed by atoms with Gasteiger partial charge in [-0.05, 0) is 36.6 Å². The molecule has 4 rings (SSSR count). The number of nitrogens with zero attached hydrogens (tertiary/aromatic N) is 1. The summed E-state index contributed by atoms with van der Waals surface area (Å²) >= 11 is 12.6. The number of halogens is 3. The molecule has 1 saturated carbocycles. The number of carbonyl (C=O) groups is 2. The molecule has 1 heterocycles. The van der Waals surface area contributed by atoms with Gasteiger partial charge in [0.25, 0.3) is 11.7 Å². The Morgan fingerprint density at radius 1 is 1.06 bits per heavy atom. The second-order valence-corrected chi connectivity index (χ2v) is 8.77. The molecule has 1 amide bonds. The maximum atomic E-state index is 13.6. The van der Waals surface area contributed by atoms with Gasteiger partial charge >= 0.3 is 0 Å². The summed E-state index contributed by atoms with van der Waals surface area (Å²) in [5.41, 5.74) is 0.424. The molecule has 0 bridgehead atoms. The lowest BCUT2D eigenvalue weighted by Gasteiger charge is -2.30. The van der Waals surface area contributed by atoms with Gasteiger partial charge in [0.2, 0.25) is 0 Å². The Bertz CT molecular complexity index is 1140. The fraction of sp³-hybridized carbons (Fsp3) is 0.333. The number of rotatable bonds is 5. The van der Waals surface area contributed by atoms with E-state index in [4.69, 9.17) is 32.7 Å². The molecule has 1 N–H and O–H groups in total. The largest absolute Gasteiger partial charge is 0.507 e. The van der Waals surface area contributed by atoms with Crippen LogP contribution in [0.15, 0.2) is 35.9 Å². The predicted octanol–water partition coefficient (Wildman–Crippen LogP) is 5.51. The molecule has 2 fully saturated rings. The zero-order chi connectivity index (χ0) is 23.9. The quantitative estimate of drug-likeness (QED) is 0.337. The average Bonchev–Trinajstić information content (AvgIpc) is 3.41. The van der Waals surface area contributed by atoms with E-state index in [1.165, 1.54) is 49.5 Å². The van der Waals surface area contributed by atoms with E-state index in [9.17, 15) is 19.1 Å². The number of ether oxygens (including phenoxy) is 2. The van der Waals surface area contributed by atoms with Gasteiger partial charge in [-0.15, -0.1) is 0 Å². The molecular weight excluding hydrogens is 472 g/mol. The summed E-state index contributed by atoms with van der Waals surface area (Å²) in [5.74, 6) is -2.28. The highest BCUT2D eigenvalue weighted by atomic mass is 35.5. The highest BCUT2D eigenvalue weighted by Gasteiger charge is 2.49. The van der Waals surface area contributed by atoms with Crippen molar-refractivity contribution in [2.75, 3.05) is 14.2 Å². The van der Waals surface area contributed by atoms with E-state index in [-0.39, 0.29) is 38.7 Å². The summed E-state index contributed by atoms with van der Waals surface area (Å²) in [6, 6.07) is 5.84. The van der Waals surface area contributed by atoms with Gasteiger partial charge in [-0.2, -0.15) is 0 Å². The maximum Gasteiger partial charge on any atom is 0.295 e. The van der Waals surface area contributed by atoms with Crippen molar-refractivity contribution in [1.29, 1.82) is 0 Å². The minimum atomic E-state index is -0.891. The zero-order valence-electron chi connectivity index (χ0n) is 18.0. The molecule has 1 aliphatic carbocycles. The standard InChI is InChI=1S/C24H22Cl2FNO5/c1-32-22-15(11-16(25)23(33-2)18(22)26)20(29)17-19(12-7-9-13(27)10-8-12)28(24(31)21(17)30)14-5-3-4-6-14/h7-11,14,19,29H,3-6H2,1-2H3/b20-17+. The van der Waals surface area contributed by atoms with E-state index in [1.54, 1.807) is 0 Å². The number of carbonyl (C=O) groups excluding carboxylic acids is 2. The van der Waals surface area contributed by atoms with Crippen molar-refractivity contribution in [1.82, 2.24) is 4.90 Å². The van der Waals surface area contributed by atoms with E-state index < -0.39 is 29.3 Å². The van der Waals surface area contributed by atoms with Gasteiger partial charge in [-0.3, -0.25) is 9.59 Å². The molecule has 2 aliphatic rings. The number of benzene rings is 2. The first-order valence-corrected chi connectivity index (χ1v) is 11.2. The van der Waals surface area contributed by atoms with Crippen LogP contribution in [0.5, 0.6) is 11.5 Å². The number of aliphatic hydroxyl groups excluding tert-OH is 1. The number of ketones is 1. The van der Waals surface area contributed by atoms with Gasteiger partial charge in [0, 0.05) is 6.04 Å². The third kappa shape index (κ3) is 3.93. The first-order chi connectivity index (χ1) is 15.8. The Hall–Kier alpha value is -2.77. The molecule has 1 aliphatic heterocycles. The van der Waals surface area contributed by atoms with Crippen LogP contribution in [-0.2, 0) is 9.59 Å². The number of Topliss-reactive ketones (excluding diaryl/α,β-unsaturated/α-hetero) is 1. The molecular formula is C24H22Cl2FNO5. The van der Waals surface area contributed by atoms with Crippen LogP contribution in [0.2, 0.25) is 10.0 Å². The molecule has 9 heteroatoms. The SMILES string of the molecule is COc1c(Cl)cc(/C(O)=C2\C(=O)C(=O)N(C3CCCC3)C2c2ccc(F)cc2)c(OC)c1Cl. The minimum absolute atomic E-state index is 0.0115. The first kappa shape index (κ1) is 23.4. The predicted molar refractivity (Wildman–Crippen MR) is 122 cm³/mol. The van der Waals surface area contributed by atoms with Crippen LogP contribution in [0.4, 0.5) is 4.39 Å². The summed E-state index contributed by atoms with van der Waals surface area (Å²) in [6.07, 6.45) is 3.35. The fourth-order valence-corrected chi connectivity index (χ4v) is 5.36. The highest BCUT2D eigenvalue weighted by molar-refractivity contribution is 6.47. The van der Waals surface area contributed by atoms with E-state index >= 15 is 0 Å². The number of hydrogen-bond donors (Lipinski definition) is 1. The van der Waals surface area contributed by atoms with Crippen molar-refractivity contribution in [2.45, 2.75) is 37.8 Å². The lowest BCUT2D eigenvalue weighted by molar-refractivity contribution is -0.141. The summed E-state index contributed by atoms with van der Waals surface area (Å²) in [6.45, 7) is 0. The average molecular weight is 494 g/mol. The van der Waals surface area contributed by atoms with Gasteiger partial charge in [0.1, 0.15) is 16.6 Å². The number of methoxy groups -OCH3 is 2. The van der Waals surface area contributed by atoms with E-state index in [0.717, 1.165) is 25.7 Å². The highest BCUT2D eigenvalue weighted by Crippen LogP contribution is 2.48. The number of amides is 1. The Labute approximate surface area is 200 Å². The zero-order valence-corrected chi connectivity index (χ0v) is 19.5. The Balaban J connectivity index is 1.96. The second kappa shape index (κ2) is 9.23. The van der Waals surface area contributed by atoms with Crippen molar-refractivity contribution in [2.24, 2.45) is 0 Å². The lowest BCUT2D eigenvalue weighted by atomic mass is 9.94. The summed E-state index contributed by atoms with van der Waals surface area (Å²) in [5, 5.41) is 11.4. The molecule has 1 atom stereocenters. The molecule has 6 nitrogen and oxygen atoms in total. The van der Waals surface area contributed by atoms with E-state index in [1.807, 2.05) is 0 Å². The van der Waals surface area contributed by atoms with E-state index in [2.05, 4.69) is 0 Å². The Morgan fingerprint density at radius 2 is 1.67 bits per heavy atom. The van der Waals surface area contributed by atoms with E-state index in [0.29, 0.717) is 5.56 Å². The molecule has 1 unspecified atom stereocenters. The lowest BCUT2D eigenvalue weighted by Crippen LogP contribution is -2.37. The van der Waals surface area contributed by atoms with Crippen molar-refractivity contribution >= 4 is 40.7 Å². The van der Waals surface area contributed by atoms with Crippen LogP contribution in [0.1, 0.15) is 42.9 Å². The maximum absolute atomic E-state index is 13.6. The molecule has 174 valence electrons.